The van der Waals surface area contributed by atoms with Crippen LogP contribution in [0.25, 0.3) is 6.08 Å². The van der Waals surface area contributed by atoms with Crippen LogP contribution in [0.3, 0.4) is 0 Å². The molecule has 0 aromatic heterocycles. The number of rotatable bonds is 9. The third kappa shape index (κ3) is 6.77. The molecule has 5 N–H and O–H groups in total. The van der Waals surface area contributed by atoms with E-state index in [2.05, 4.69) is 10.5 Å². The second kappa shape index (κ2) is 13.3. The maximum atomic E-state index is 12.8. The molecule has 0 radical (unpaired) electrons. The Balaban J connectivity index is 0.991. The van der Waals surface area contributed by atoms with Crippen molar-refractivity contribution in [2.75, 3.05) is 13.6 Å². The average Bonchev–Trinajstić information content (AvgIpc) is 3.79. The summed E-state index contributed by atoms with van der Waals surface area (Å²) < 4.78 is 33.0. The predicted octanol–water partition coefficient (Wildman–Crippen LogP) is 0.589. The van der Waals surface area contributed by atoms with E-state index in [9.17, 15) is 25.2 Å². The summed E-state index contributed by atoms with van der Waals surface area (Å²) in [5.41, 5.74) is 2.33. The van der Waals surface area contributed by atoms with Gasteiger partial charge in [-0.3, -0.25) is 4.79 Å². The lowest BCUT2D eigenvalue weighted by Crippen LogP contribution is -2.67. The first-order valence-corrected chi connectivity index (χ1v) is 14.6. The molecule has 1 aliphatic carbocycles. The molecule has 2 aromatic rings. The molecule has 3 aliphatic heterocycles. The second-order valence-corrected chi connectivity index (χ2v) is 11.3. The number of carbonyl (C=O) groups excluding carboxylic acids is 1. The van der Waals surface area contributed by atoms with Gasteiger partial charge in [0.15, 0.2) is 11.5 Å². The van der Waals surface area contributed by atoms with Gasteiger partial charge in [-0.1, -0.05) is 23.4 Å². The largest absolute Gasteiger partial charge is 0.465 e. The van der Waals surface area contributed by atoms with E-state index in [0.717, 1.165) is 5.56 Å². The van der Waals surface area contributed by atoms with Crippen LogP contribution in [0.15, 0.2) is 53.2 Å². The number of nitrogens with one attached hydrogen (secondary N) is 1. The quantitative estimate of drug-likeness (QED) is 0.148. The first-order chi connectivity index (χ1) is 21.7. The third-order valence-corrected chi connectivity index (χ3v) is 8.16. The highest BCUT2D eigenvalue weighted by atomic mass is 16.7. The van der Waals surface area contributed by atoms with Gasteiger partial charge in [0, 0.05) is 12.0 Å². The maximum Gasteiger partial charge on any atom is 0.247 e. The Kier molecular flexibility index (Phi) is 9.23. The number of amides is 1. The van der Waals surface area contributed by atoms with Gasteiger partial charge in [0.25, 0.3) is 0 Å². The lowest BCUT2D eigenvalue weighted by molar-refractivity contribution is -0.155. The molecule has 9 atom stereocenters. The van der Waals surface area contributed by atoms with E-state index in [4.69, 9.17) is 33.3 Å². The van der Waals surface area contributed by atoms with Gasteiger partial charge in [0.1, 0.15) is 55.8 Å². The molecule has 242 valence electrons. The lowest BCUT2D eigenvalue weighted by Gasteiger charge is -2.41. The maximum absolute atomic E-state index is 12.8. The first kappa shape index (κ1) is 31.2. The number of hydrogen-bond donors (Lipinski definition) is 5. The first-order valence-electron chi connectivity index (χ1n) is 14.6. The van der Waals surface area contributed by atoms with Crippen LogP contribution in [0.5, 0.6) is 17.2 Å². The summed E-state index contributed by atoms with van der Waals surface area (Å²) in [5.74, 6) is 1.31. The van der Waals surface area contributed by atoms with Crippen LogP contribution in [-0.4, -0.2) is 101 Å². The van der Waals surface area contributed by atoms with Crippen molar-refractivity contribution in [3.63, 3.8) is 0 Å². The number of ether oxygens (including phenoxy) is 6. The molecule has 1 amide bonds. The Morgan fingerprint density at radius 3 is 2.47 bits per heavy atom. The van der Waals surface area contributed by atoms with E-state index in [1.54, 1.807) is 44.2 Å². The Bertz CT molecular complexity index is 1430. The van der Waals surface area contributed by atoms with Gasteiger partial charge in [-0.15, -0.1) is 0 Å². The Morgan fingerprint density at radius 1 is 0.956 bits per heavy atom. The highest BCUT2D eigenvalue weighted by molar-refractivity contribution is 5.97. The molecule has 2 aromatic carbocycles. The summed E-state index contributed by atoms with van der Waals surface area (Å²) in [6, 6.07) is 11.2. The molecule has 1 saturated carbocycles. The Morgan fingerprint density at radius 2 is 1.69 bits per heavy atom. The van der Waals surface area contributed by atoms with Gasteiger partial charge in [-0.25, -0.2) is 0 Å². The van der Waals surface area contributed by atoms with Gasteiger partial charge in [-0.05, 0) is 55.3 Å². The van der Waals surface area contributed by atoms with Crippen molar-refractivity contribution in [3.8, 4) is 17.2 Å². The van der Waals surface area contributed by atoms with Crippen molar-refractivity contribution in [3.05, 3.63) is 59.2 Å². The topological polar surface area (TPSA) is 187 Å². The van der Waals surface area contributed by atoms with Crippen LogP contribution in [0.1, 0.15) is 31.4 Å². The SMILES string of the molecule is C/C(=C\c1ccc(O[C@H]2C[C@H](O)[C@@H](/C(C)=N/OCc3ccc4c(c3)OCO4)O2)cc1)C(=O)N[C@@H]1[C@H](O)[C@@H](O)[C@H]2OCO[C@H]2[C@@H]1O. The van der Waals surface area contributed by atoms with E-state index in [1.165, 1.54) is 0 Å². The predicted molar refractivity (Wildman–Crippen MR) is 155 cm³/mol. The lowest BCUT2D eigenvalue weighted by atomic mass is 9.83. The summed E-state index contributed by atoms with van der Waals surface area (Å²) in [6.07, 6.45) is -6.13. The van der Waals surface area contributed by atoms with Crippen LogP contribution in [0, 0.1) is 0 Å². The second-order valence-electron chi connectivity index (χ2n) is 11.3. The number of benzene rings is 2. The number of hydrogen-bond acceptors (Lipinski definition) is 13. The van der Waals surface area contributed by atoms with E-state index in [1.807, 2.05) is 18.2 Å². The molecule has 3 fully saturated rings. The number of nitrogens with zero attached hydrogens (tertiary/aromatic N) is 1. The van der Waals surface area contributed by atoms with Gasteiger partial charge >= 0.3 is 0 Å². The fourth-order valence-electron chi connectivity index (χ4n) is 5.71. The van der Waals surface area contributed by atoms with Crippen LogP contribution in [0.2, 0.25) is 0 Å². The van der Waals surface area contributed by atoms with Crippen molar-refractivity contribution in [2.45, 2.75) is 81.9 Å². The Labute approximate surface area is 258 Å². The molecular weight excluding hydrogens is 592 g/mol. The molecule has 0 unspecified atom stereocenters. The molecule has 14 heteroatoms. The van der Waals surface area contributed by atoms with Crippen molar-refractivity contribution in [1.82, 2.24) is 5.32 Å². The van der Waals surface area contributed by atoms with Crippen molar-refractivity contribution in [1.29, 1.82) is 0 Å². The number of carbonyl (C=O) groups is 1. The zero-order valence-electron chi connectivity index (χ0n) is 24.6. The van der Waals surface area contributed by atoms with Crippen LogP contribution < -0.4 is 19.5 Å². The molecule has 2 saturated heterocycles. The summed E-state index contributed by atoms with van der Waals surface area (Å²) in [5, 5.41) is 48.6. The molecular formula is C31H36N2O12. The van der Waals surface area contributed by atoms with Gasteiger partial charge in [0.05, 0.1) is 17.9 Å². The minimum atomic E-state index is -1.43. The monoisotopic (exact) mass is 628 g/mol. The zero-order valence-corrected chi connectivity index (χ0v) is 24.6. The summed E-state index contributed by atoms with van der Waals surface area (Å²) >= 11 is 0. The summed E-state index contributed by atoms with van der Waals surface area (Å²) in [6.45, 7) is 3.58. The van der Waals surface area contributed by atoms with E-state index in [0.29, 0.717) is 34.1 Å². The van der Waals surface area contributed by atoms with E-state index in [-0.39, 0.29) is 26.6 Å². The van der Waals surface area contributed by atoms with Gasteiger partial charge in [-0.2, -0.15) is 0 Å². The number of aliphatic hydroxyl groups is 4. The van der Waals surface area contributed by atoms with Crippen molar-refractivity contribution in [2.24, 2.45) is 5.16 Å². The van der Waals surface area contributed by atoms with E-state index >= 15 is 0 Å². The zero-order chi connectivity index (χ0) is 31.7. The normalized spacial score (nSPS) is 32.7. The summed E-state index contributed by atoms with van der Waals surface area (Å²) in [7, 11) is 0. The van der Waals surface area contributed by atoms with Gasteiger partial charge in [0.2, 0.25) is 19.0 Å². The van der Waals surface area contributed by atoms with E-state index < -0.39 is 61.0 Å². The van der Waals surface area contributed by atoms with Crippen molar-refractivity contribution >= 4 is 17.7 Å². The molecule has 3 heterocycles. The minimum absolute atomic E-state index is 0.115. The highest BCUT2D eigenvalue weighted by Crippen LogP contribution is 2.33. The number of fused-ring (bicyclic) bond motifs is 2. The highest BCUT2D eigenvalue weighted by Gasteiger charge is 2.53. The molecule has 6 rings (SSSR count). The average molecular weight is 629 g/mol. The van der Waals surface area contributed by atoms with Gasteiger partial charge < -0.3 is 59.0 Å². The minimum Gasteiger partial charge on any atom is -0.465 e. The Hall–Kier alpha value is -3.76. The molecule has 0 bridgehead atoms. The molecule has 4 aliphatic rings. The van der Waals surface area contributed by atoms with Crippen LogP contribution in [0.4, 0.5) is 0 Å². The molecule has 14 nitrogen and oxygen atoms in total. The smallest absolute Gasteiger partial charge is 0.247 e. The fraction of sp³-hybridized carbons (Fsp3) is 0.484. The van der Waals surface area contributed by atoms with Crippen molar-refractivity contribution < 1.29 is 58.5 Å². The molecule has 0 spiro atoms. The third-order valence-electron chi connectivity index (χ3n) is 8.16. The number of oxime groups is 1. The standard InChI is InChI=1S/C31H36N2O12/c1-15(31(38)32-24-25(35)27(37)30-29(26(24)36)41-14-42-30)9-17-3-6-19(7-4-17)44-23-11-20(34)28(45-23)16(2)33-43-12-18-5-8-21-22(10-18)40-13-39-21/h3-10,20,23-30,34-37H,11-14H2,1-2H3,(H,32,38)/b15-9+,33-16+/t20-,23+,24+,25-,26+,27+,28+,29-,30+/m0/s1. The molecule has 45 heavy (non-hydrogen) atoms. The van der Waals surface area contributed by atoms with Crippen LogP contribution >= 0.6 is 0 Å². The fourth-order valence-corrected chi connectivity index (χ4v) is 5.71. The number of aliphatic hydroxyl groups excluding tert-OH is 4. The summed E-state index contributed by atoms with van der Waals surface area (Å²) in [4.78, 5) is 18.3. The van der Waals surface area contributed by atoms with Crippen LogP contribution in [-0.2, 0) is 30.4 Å².